The zero-order valence-corrected chi connectivity index (χ0v) is 8.92. The molecular formula is C10H12F3N3O. The van der Waals surface area contributed by atoms with E-state index < -0.39 is 18.8 Å². The van der Waals surface area contributed by atoms with Crippen LogP contribution in [0.25, 0.3) is 0 Å². The number of rotatable bonds is 4. The molecule has 2 amide bonds. The highest BCUT2D eigenvalue weighted by molar-refractivity contribution is 5.73. The summed E-state index contributed by atoms with van der Waals surface area (Å²) in [6.45, 7) is -1.05. The summed E-state index contributed by atoms with van der Waals surface area (Å²) in [5.74, 6) is 0. The summed E-state index contributed by atoms with van der Waals surface area (Å²) in [7, 11) is 0. The second-order valence-corrected chi connectivity index (χ2v) is 3.33. The summed E-state index contributed by atoms with van der Waals surface area (Å²) >= 11 is 0. The minimum absolute atomic E-state index is 0.272. The first kappa shape index (κ1) is 13.3. The lowest BCUT2D eigenvalue weighted by atomic mass is 10.2. The molecule has 94 valence electrons. The molecule has 0 fully saturated rings. The van der Waals surface area contributed by atoms with Crippen LogP contribution >= 0.6 is 0 Å². The van der Waals surface area contributed by atoms with Crippen LogP contribution in [0.1, 0.15) is 5.56 Å². The van der Waals surface area contributed by atoms with Crippen LogP contribution in [0.3, 0.4) is 0 Å². The molecule has 0 spiro atoms. The van der Waals surface area contributed by atoms with Gasteiger partial charge in [-0.25, -0.2) is 4.79 Å². The predicted octanol–water partition coefficient (Wildman–Crippen LogP) is 1.49. The summed E-state index contributed by atoms with van der Waals surface area (Å²) in [5, 5.41) is 4.05. The quantitative estimate of drug-likeness (QED) is 0.846. The molecule has 1 aromatic rings. The molecule has 0 radical (unpaired) electrons. The van der Waals surface area contributed by atoms with Gasteiger partial charge in [0.25, 0.3) is 0 Å². The lowest BCUT2D eigenvalue weighted by Gasteiger charge is -2.09. The average molecular weight is 247 g/mol. The zero-order valence-electron chi connectivity index (χ0n) is 8.92. The van der Waals surface area contributed by atoms with E-state index in [1.807, 2.05) is 0 Å². The van der Waals surface area contributed by atoms with Crippen molar-refractivity contribution in [3.63, 3.8) is 0 Å². The number of alkyl halides is 3. The van der Waals surface area contributed by atoms with Crippen LogP contribution in [0.15, 0.2) is 24.5 Å². The van der Waals surface area contributed by atoms with Crippen LogP contribution in [-0.2, 0) is 6.42 Å². The van der Waals surface area contributed by atoms with Gasteiger partial charge in [-0.1, -0.05) is 0 Å². The Balaban J connectivity index is 2.17. The van der Waals surface area contributed by atoms with Gasteiger partial charge >= 0.3 is 12.2 Å². The summed E-state index contributed by atoms with van der Waals surface area (Å²) in [6, 6.07) is 2.72. The highest BCUT2D eigenvalue weighted by Gasteiger charge is 2.27. The van der Waals surface area contributed by atoms with E-state index in [2.05, 4.69) is 10.3 Å². The number of aromatic nitrogens is 1. The Bertz CT molecular complexity index is 354. The second-order valence-electron chi connectivity index (χ2n) is 3.33. The zero-order chi connectivity index (χ0) is 12.7. The molecule has 17 heavy (non-hydrogen) atoms. The fourth-order valence-electron chi connectivity index (χ4n) is 1.11. The fourth-order valence-corrected chi connectivity index (χ4v) is 1.11. The van der Waals surface area contributed by atoms with E-state index in [1.165, 1.54) is 0 Å². The topological polar surface area (TPSA) is 54.0 Å². The molecule has 7 heteroatoms. The summed E-state index contributed by atoms with van der Waals surface area (Å²) < 4.78 is 35.3. The Hall–Kier alpha value is -1.79. The predicted molar refractivity (Wildman–Crippen MR) is 55.4 cm³/mol. The van der Waals surface area contributed by atoms with Gasteiger partial charge in [-0.2, -0.15) is 13.2 Å². The van der Waals surface area contributed by atoms with Crippen molar-refractivity contribution in [3.8, 4) is 0 Å². The molecule has 0 aromatic carbocycles. The van der Waals surface area contributed by atoms with Crippen molar-refractivity contribution in [2.24, 2.45) is 0 Å². The van der Waals surface area contributed by atoms with Gasteiger partial charge in [-0.05, 0) is 24.1 Å². The Morgan fingerprint density at radius 2 is 1.88 bits per heavy atom. The third-order valence-electron chi connectivity index (χ3n) is 1.90. The minimum Gasteiger partial charge on any atom is -0.338 e. The van der Waals surface area contributed by atoms with Gasteiger partial charge in [-0.3, -0.25) is 4.98 Å². The molecule has 0 unspecified atom stereocenters. The first-order valence-corrected chi connectivity index (χ1v) is 4.95. The van der Waals surface area contributed by atoms with E-state index in [4.69, 9.17) is 0 Å². The largest absolute Gasteiger partial charge is 0.405 e. The van der Waals surface area contributed by atoms with E-state index in [0.717, 1.165) is 5.56 Å². The highest BCUT2D eigenvalue weighted by atomic mass is 19.4. The highest BCUT2D eigenvalue weighted by Crippen LogP contribution is 2.11. The maximum absolute atomic E-state index is 11.8. The normalized spacial score (nSPS) is 11.0. The Kier molecular flexibility index (Phi) is 4.74. The van der Waals surface area contributed by atoms with E-state index in [1.54, 1.807) is 29.8 Å². The SMILES string of the molecule is O=C(NCCc1ccncc1)NCC(F)(F)F. The minimum atomic E-state index is -4.39. The standard InChI is InChI=1S/C10H12F3N3O/c11-10(12,13)7-16-9(17)15-6-3-8-1-4-14-5-2-8/h1-2,4-5H,3,6-7H2,(H2,15,16,17). The van der Waals surface area contributed by atoms with E-state index >= 15 is 0 Å². The van der Waals surface area contributed by atoms with Gasteiger partial charge in [-0.15, -0.1) is 0 Å². The molecule has 1 aromatic heterocycles. The maximum atomic E-state index is 11.8. The molecule has 0 bridgehead atoms. The number of carbonyl (C=O) groups excluding carboxylic acids is 1. The molecule has 0 saturated carbocycles. The van der Waals surface area contributed by atoms with Crippen molar-refractivity contribution in [1.82, 2.24) is 15.6 Å². The summed E-state index contributed by atoms with van der Waals surface area (Å²) in [4.78, 5) is 14.8. The number of urea groups is 1. The Morgan fingerprint density at radius 3 is 2.47 bits per heavy atom. The van der Waals surface area contributed by atoms with E-state index in [0.29, 0.717) is 6.42 Å². The van der Waals surface area contributed by atoms with Crippen LogP contribution in [0.4, 0.5) is 18.0 Å². The van der Waals surface area contributed by atoms with Crippen molar-refractivity contribution in [2.75, 3.05) is 13.1 Å². The molecule has 1 heterocycles. The first-order valence-electron chi connectivity index (χ1n) is 4.95. The Morgan fingerprint density at radius 1 is 1.24 bits per heavy atom. The average Bonchev–Trinajstić information content (AvgIpc) is 2.27. The number of pyridine rings is 1. The van der Waals surface area contributed by atoms with Crippen molar-refractivity contribution in [1.29, 1.82) is 0 Å². The first-order chi connectivity index (χ1) is 7.97. The number of carbonyl (C=O) groups is 1. The summed E-state index contributed by atoms with van der Waals surface area (Å²) in [6.07, 6.45) is -0.623. The Labute approximate surface area is 96.2 Å². The smallest absolute Gasteiger partial charge is 0.338 e. The van der Waals surface area contributed by atoms with Crippen molar-refractivity contribution in [3.05, 3.63) is 30.1 Å². The van der Waals surface area contributed by atoms with Gasteiger partial charge in [0.05, 0.1) is 0 Å². The molecule has 4 nitrogen and oxygen atoms in total. The molecule has 0 aliphatic carbocycles. The van der Waals surface area contributed by atoms with Crippen LogP contribution in [0.2, 0.25) is 0 Å². The van der Waals surface area contributed by atoms with Crippen molar-refractivity contribution >= 4 is 6.03 Å². The number of hydrogen-bond donors (Lipinski definition) is 2. The number of nitrogens with zero attached hydrogens (tertiary/aromatic N) is 1. The molecular weight excluding hydrogens is 235 g/mol. The lowest BCUT2D eigenvalue weighted by Crippen LogP contribution is -2.41. The molecule has 2 N–H and O–H groups in total. The van der Waals surface area contributed by atoms with Crippen LogP contribution < -0.4 is 10.6 Å². The summed E-state index contributed by atoms with van der Waals surface area (Å²) in [5.41, 5.74) is 0.955. The second kappa shape index (κ2) is 6.07. The van der Waals surface area contributed by atoms with Crippen LogP contribution in [0.5, 0.6) is 0 Å². The molecule has 0 atom stereocenters. The third kappa shape index (κ3) is 6.39. The molecule has 0 aliphatic rings. The van der Waals surface area contributed by atoms with Gasteiger partial charge in [0.1, 0.15) is 6.54 Å². The lowest BCUT2D eigenvalue weighted by molar-refractivity contribution is -0.122. The van der Waals surface area contributed by atoms with Crippen molar-refractivity contribution in [2.45, 2.75) is 12.6 Å². The van der Waals surface area contributed by atoms with Gasteiger partial charge in [0.15, 0.2) is 0 Å². The number of halogens is 3. The monoisotopic (exact) mass is 247 g/mol. The van der Waals surface area contributed by atoms with Gasteiger partial charge in [0.2, 0.25) is 0 Å². The molecule has 0 aliphatic heterocycles. The number of hydrogen-bond acceptors (Lipinski definition) is 2. The maximum Gasteiger partial charge on any atom is 0.405 e. The van der Waals surface area contributed by atoms with Gasteiger partial charge < -0.3 is 10.6 Å². The van der Waals surface area contributed by atoms with Gasteiger partial charge in [0, 0.05) is 18.9 Å². The molecule has 1 rings (SSSR count). The third-order valence-corrected chi connectivity index (χ3v) is 1.90. The van der Waals surface area contributed by atoms with Crippen LogP contribution in [-0.4, -0.2) is 30.3 Å². The van der Waals surface area contributed by atoms with Crippen molar-refractivity contribution < 1.29 is 18.0 Å². The van der Waals surface area contributed by atoms with E-state index in [-0.39, 0.29) is 6.54 Å². The number of nitrogens with one attached hydrogen (secondary N) is 2. The molecule has 0 saturated heterocycles. The number of amides is 2. The fraction of sp³-hybridized carbons (Fsp3) is 0.400. The van der Waals surface area contributed by atoms with E-state index in [9.17, 15) is 18.0 Å². The van der Waals surface area contributed by atoms with Crippen LogP contribution in [0, 0.1) is 0 Å².